The van der Waals surface area contributed by atoms with Crippen molar-refractivity contribution >= 4 is 27.5 Å². The molecule has 12 heteroatoms. The lowest BCUT2D eigenvalue weighted by atomic mass is 10.0. The number of aliphatic carboxylic acids is 1. The summed E-state index contributed by atoms with van der Waals surface area (Å²) in [5.41, 5.74) is -1.87. The normalized spacial score (nSPS) is 21.1. The highest BCUT2D eigenvalue weighted by molar-refractivity contribution is 7.22. The maximum absolute atomic E-state index is 14.2. The summed E-state index contributed by atoms with van der Waals surface area (Å²) in [5, 5.41) is 13.8. The number of carboxylic acid groups (broad SMARTS) is 1. The maximum atomic E-state index is 14.2. The molecule has 0 spiro atoms. The van der Waals surface area contributed by atoms with E-state index in [1.165, 1.54) is 42.2 Å². The van der Waals surface area contributed by atoms with Gasteiger partial charge in [-0.3, -0.25) is 9.36 Å². The number of oxazole rings is 1. The van der Waals surface area contributed by atoms with Gasteiger partial charge in [0.25, 0.3) is 5.56 Å². The highest BCUT2D eigenvalue weighted by atomic mass is 32.1. The SMILES string of the molecule is COc1ccccc1[C@@H](Cn1c(=O)n(C(C)(C)C(=O)O)c(=O)c2c(C)c(-c3ncco3)sc21)O[C@@H]1C[C@H]2CNC[C@H]2C1. The number of nitrogens with zero attached hydrogens (tertiary/aromatic N) is 3. The molecule has 2 N–H and O–H groups in total. The van der Waals surface area contributed by atoms with E-state index in [1.54, 1.807) is 14.0 Å². The highest BCUT2D eigenvalue weighted by Gasteiger charge is 2.40. The van der Waals surface area contributed by atoms with Crippen molar-refractivity contribution in [1.29, 1.82) is 0 Å². The summed E-state index contributed by atoms with van der Waals surface area (Å²) in [5.74, 6) is 0.735. The summed E-state index contributed by atoms with van der Waals surface area (Å²) >= 11 is 1.22. The molecule has 4 atom stereocenters. The van der Waals surface area contributed by atoms with E-state index in [1.807, 2.05) is 24.3 Å². The molecule has 0 radical (unpaired) electrons. The third kappa shape index (κ3) is 4.67. The second-order valence-electron chi connectivity index (χ2n) is 11.6. The van der Waals surface area contributed by atoms with Gasteiger partial charge in [0, 0.05) is 5.56 Å². The zero-order chi connectivity index (χ0) is 29.8. The van der Waals surface area contributed by atoms with Gasteiger partial charge >= 0.3 is 11.7 Å². The molecule has 6 rings (SSSR count). The lowest BCUT2D eigenvalue weighted by Crippen LogP contribution is -2.52. The van der Waals surface area contributed by atoms with E-state index >= 15 is 0 Å². The van der Waals surface area contributed by atoms with Crippen molar-refractivity contribution in [2.24, 2.45) is 11.8 Å². The predicted octanol–water partition coefficient (Wildman–Crippen LogP) is 3.77. The standard InChI is InChI=1S/C30H34N4O7S/c1-16-23-26(35)34(30(2,3)28(36)37)29(38)33(27(23)42-24(16)25-32-9-10-40-25)15-22(20-7-5-6-8-21(20)39-4)41-19-11-17-13-31-14-18(17)12-19/h5-10,17-19,22,31H,11-15H2,1-4H3,(H,36,37)/t17-,18+,19+,22-/m1/s1. The minimum atomic E-state index is -1.81. The van der Waals surface area contributed by atoms with E-state index in [-0.39, 0.29) is 18.0 Å². The van der Waals surface area contributed by atoms with E-state index < -0.39 is 28.9 Å². The van der Waals surface area contributed by atoms with Gasteiger partial charge in [-0.25, -0.2) is 19.1 Å². The Kier molecular flexibility index (Phi) is 7.32. The summed E-state index contributed by atoms with van der Waals surface area (Å²) in [6.45, 7) is 6.44. The third-order valence-corrected chi connectivity index (χ3v) is 10.0. The molecule has 2 aliphatic rings. The number of nitrogens with one attached hydrogen (secondary N) is 1. The van der Waals surface area contributed by atoms with Crippen LogP contribution in [0.25, 0.3) is 21.0 Å². The summed E-state index contributed by atoms with van der Waals surface area (Å²) in [6, 6.07) is 7.53. The van der Waals surface area contributed by atoms with Gasteiger partial charge in [0.15, 0.2) is 0 Å². The largest absolute Gasteiger partial charge is 0.496 e. The molecule has 1 saturated heterocycles. The fraction of sp³-hybridized carbons (Fsp3) is 0.467. The predicted molar refractivity (Wildman–Crippen MR) is 157 cm³/mol. The van der Waals surface area contributed by atoms with Crippen molar-refractivity contribution in [3.05, 3.63) is 68.7 Å². The summed E-state index contributed by atoms with van der Waals surface area (Å²) in [4.78, 5) is 45.7. The van der Waals surface area contributed by atoms with E-state index in [9.17, 15) is 19.5 Å². The number of hydrogen-bond donors (Lipinski definition) is 2. The topological polar surface area (TPSA) is 138 Å². The van der Waals surface area contributed by atoms with Crippen LogP contribution in [-0.2, 0) is 21.6 Å². The first-order chi connectivity index (χ1) is 20.1. The van der Waals surface area contributed by atoms with Gasteiger partial charge in [-0.1, -0.05) is 18.2 Å². The number of hydrogen-bond acceptors (Lipinski definition) is 9. The number of ether oxygens (including phenoxy) is 2. The molecule has 3 aromatic heterocycles. The van der Waals surface area contributed by atoms with Crippen LogP contribution < -0.4 is 21.3 Å². The molecule has 4 heterocycles. The first kappa shape index (κ1) is 28.4. The zero-order valence-electron chi connectivity index (χ0n) is 24.0. The molecule has 0 unspecified atom stereocenters. The Morgan fingerprint density at radius 1 is 1.24 bits per heavy atom. The lowest BCUT2D eigenvalue weighted by molar-refractivity contribution is -0.146. The average Bonchev–Trinajstić information content (AvgIpc) is 3.75. The molecular weight excluding hydrogens is 560 g/mol. The minimum absolute atomic E-state index is 0.0162. The molecule has 1 aliphatic carbocycles. The smallest absolute Gasteiger partial charge is 0.333 e. The minimum Gasteiger partial charge on any atom is -0.496 e. The summed E-state index contributed by atoms with van der Waals surface area (Å²) in [6.07, 6.45) is 4.14. The maximum Gasteiger partial charge on any atom is 0.333 e. The fourth-order valence-corrected chi connectivity index (χ4v) is 7.64. The van der Waals surface area contributed by atoms with E-state index in [0.29, 0.717) is 38.7 Å². The average molecular weight is 595 g/mol. The van der Waals surface area contributed by atoms with Crippen LogP contribution in [-0.4, -0.2) is 51.5 Å². The molecule has 42 heavy (non-hydrogen) atoms. The van der Waals surface area contributed by atoms with Crippen molar-refractivity contribution in [2.75, 3.05) is 20.2 Å². The van der Waals surface area contributed by atoms with Crippen molar-refractivity contribution < 1.29 is 23.8 Å². The van der Waals surface area contributed by atoms with E-state index in [2.05, 4.69) is 10.3 Å². The van der Waals surface area contributed by atoms with Crippen molar-refractivity contribution in [2.45, 2.75) is 57.9 Å². The number of methoxy groups -OCH3 is 1. The number of aryl methyl sites for hydroxylation is 1. The zero-order valence-corrected chi connectivity index (χ0v) is 24.8. The number of carbonyl (C=O) groups is 1. The van der Waals surface area contributed by atoms with Crippen LogP contribution in [0.4, 0.5) is 0 Å². The molecule has 1 aliphatic heterocycles. The second kappa shape index (κ2) is 10.8. The molecular formula is C30H34N4O7S. The van der Waals surface area contributed by atoms with Gasteiger partial charge in [0.2, 0.25) is 5.89 Å². The molecule has 4 aromatic rings. The van der Waals surface area contributed by atoms with Crippen LogP contribution in [0.1, 0.15) is 43.9 Å². The van der Waals surface area contributed by atoms with Crippen molar-refractivity contribution in [3.63, 3.8) is 0 Å². The molecule has 1 aromatic carbocycles. The fourth-order valence-electron chi connectivity index (χ4n) is 6.40. The van der Waals surface area contributed by atoms with Crippen LogP contribution >= 0.6 is 11.3 Å². The number of benzene rings is 1. The Balaban J connectivity index is 1.54. The Hall–Kier alpha value is -3.74. The number of aromatic nitrogens is 3. The van der Waals surface area contributed by atoms with Crippen molar-refractivity contribution in [1.82, 2.24) is 19.4 Å². The lowest BCUT2D eigenvalue weighted by Gasteiger charge is -2.27. The van der Waals surface area contributed by atoms with Crippen LogP contribution in [0.5, 0.6) is 5.75 Å². The van der Waals surface area contributed by atoms with Crippen LogP contribution in [0.2, 0.25) is 0 Å². The quantitative estimate of drug-likeness (QED) is 0.297. The molecule has 2 fully saturated rings. The second-order valence-corrected chi connectivity index (χ2v) is 12.6. The number of thiophene rings is 1. The molecule has 11 nitrogen and oxygen atoms in total. The summed E-state index contributed by atoms with van der Waals surface area (Å²) < 4.78 is 20.3. The number of fused-ring (bicyclic) bond motifs is 2. The van der Waals surface area contributed by atoms with Gasteiger partial charge in [0.05, 0.1) is 36.2 Å². The van der Waals surface area contributed by atoms with Crippen LogP contribution in [0.15, 0.2) is 50.7 Å². The Bertz CT molecular complexity index is 1740. The Labute approximate surface area is 245 Å². The van der Waals surface area contributed by atoms with E-state index in [0.717, 1.165) is 36.1 Å². The Morgan fingerprint density at radius 2 is 1.95 bits per heavy atom. The van der Waals surface area contributed by atoms with Crippen LogP contribution in [0, 0.1) is 18.8 Å². The number of para-hydroxylation sites is 1. The van der Waals surface area contributed by atoms with Gasteiger partial charge < -0.3 is 24.3 Å². The third-order valence-electron chi connectivity index (χ3n) is 8.72. The highest BCUT2D eigenvalue weighted by Crippen LogP contribution is 2.41. The van der Waals surface area contributed by atoms with Crippen LogP contribution in [0.3, 0.4) is 0 Å². The summed E-state index contributed by atoms with van der Waals surface area (Å²) in [7, 11) is 1.59. The number of rotatable bonds is 9. The van der Waals surface area contributed by atoms with Crippen molar-refractivity contribution in [3.8, 4) is 16.5 Å². The first-order valence-corrected chi connectivity index (χ1v) is 14.8. The molecule has 0 bridgehead atoms. The molecule has 222 valence electrons. The Morgan fingerprint density at radius 3 is 2.60 bits per heavy atom. The van der Waals surface area contributed by atoms with Gasteiger partial charge in [-0.2, -0.15) is 0 Å². The molecule has 1 saturated carbocycles. The van der Waals surface area contributed by atoms with E-state index in [4.69, 9.17) is 13.9 Å². The molecule has 0 amide bonds. The van der Waals surface area contributed by atoms with Gasteiger partial charge in [-0.15, -0.1) is 11.3 Å². The monoisotopic (exact) mass is 594 g/mol. The number of carboxylic acids is 1. The first-order valence-electron chi connectivity index (χ1n) is 14.0. The van der Waals surface area contributed by atoms with Gasteiger partial charge in [0.1, 0.15) is 28.5 Å². The van der Waals surface area contributed by atoms with Gasteiger partial charge in [-0.05, 0) is 70.2 Å².